The van der Waals surface area contributed by atoms with Gasteiger partial charge in [0.1, 0.15) is 11.0 Å². The van der Waals surface area contributed by atoms with Crippen molar-refractivity contribution in [2.45, 2.75) is 11.1 Å². The molecule has 0 aliphatic heterocycles. The zero-order valence-electron chi connectivity index (χ0n) is 11.5. The number of carboxylic acids is 1. The Morgan fingerprint density at radius 3 is 2.38 bits per heavy atom. The van der Waals surface area contributed by atoms with E-state index in [4.69, 9.17) is 28.3 Å². The van der Waals surface area contributed by atoms with E-state index in [1.54, 1.807) is 0 Å². The first-order chi connectivity index (χ1) is 11.1. The Hall–Kier alpha value is -1.77. The molecule has 0 aromatic heterocycles. The Balaban J connectivity index is 2.38. The predicted molar refractivity (Wildman–Crippen MR) is 84.9 cm³/mol. The second kappa shape index (κ2) is 7.00. The molecule has 24 heavy (non-hydrogen) atoms. The molecule has 1 atom stereocenters. The van der Waals surface area contributed by atoms with E-state index in [1.807, 2.05) is 0 Å². The van der Waals surface area contributed by atoms with Gasteiger partial charge in [-0.3, -0.25) is 0 Å². The lowest BCUT2D eigenvalue weighted by Crippen LogP contribution is -2.11. The third-order valence-corrected chi connectivity index (χ3v) is 4.52. The summed E-state index contributed by atoms with van der Waals surface area (Å²) in [7, 11) is -2.15. The zero-order valence-corrected chi connectivity index (χ0v) is 13.9. The van der Waals surface area contributed by atoms with Gasteiger partial charge in [-0.25, -0.2) is 9.00 Å². The number of anilines is 1. The van der Waals surface area contributed by atoms with Crippen LogP contribution in [0.2, 0.25) is 10.0 Å². The molecule has 0 amide bonds. The van der Waals surface area contributed by atoms with Crippen LogP contribution in [0, 0.1) is 0 Å². The molecule has 0 heterocycles. The summed E-state index contributed by atoms with van der Waals surface area (Å²) in [4.78, 5) is 10.9. The monoisotopic (exact) mass is 397 g/mol. The van der Waals surface area contributed by atoms with E-state index in [0.717, 1.165) is 12.1 Å². The van der Waals surface area contributed by atoms with Crippen molar-refractivity contribution in [2.24, 2.45) is 0 Å². The largest absolute Gasteiger partial charge is 0.478 e. The molecule has 0 bridgehead atoms. The number of hydrogen-bond donors (Lipinski definition) is 2. The Labute approximate surface area is 146 Å². The van der Waals surface area contributed by atoms with Gasteiger partial charge in [0.2, 0.25) is 0 Å². The van der Waals surface area contributed by atoms with Gasteiger partial charge in [-0.05, 0) is 36.4 Å². The van der Waals surface area contributed by atoms with Crippen molar-refractivity contribution in [3.63, 3.8) is 0 Å². The predicted octanol–water partition coefficient (Wildman–Crippen LogP) is 4.85. The molecule has 2 aromatic carbocycles. The van der Waals surface area contributed by atoms with Gasteiger partial charge in [-0.15, -0.1) is 0 Å². The number of carboxylic acid groups (broad SMARTS) is 1. The highest BCUT2D eigenvalue weighted by Crippen LogP contribution is 2.36. The van der Waals surface area contributed by atoms with Crippen molar-refractivity contribution >= 4 is 45.8 Å². The van der Waals surface area contributed by atoms with Crippen molar-refractivity contribution in [3.8, 4) is 0 Å². The van der Waals surface area contributed by atoms with Crippen molar-refractivity contribution in [1.82, 2.24) is 0 Å². The number of aromatic carboxylic acids is 1. The van der Waals surface area contributed by atoms with Crippen LogP contribution < -0.4 is 4.72 Å². The van der Waals surface area contributed by atoms with Crippen LogP contribution >= 0.6 is 23.2 Å². The van der Waals surface area contributed by atoms with Gasteiger partial charge in [0.05, 0.1) is 26.7 Å². The Bertz CT molecular complexity index is 827. The fourth-order valence-corrected chi connectivity index (χ4v) is 3.08. The average Bonchev–Trinajstić information content (AvgIpc) is 2.46. The number of rotatable bonds is 4. The molecular formula is C14H8Cl2F3NO3S. The minimum absolute atomic E-state index is 0.0863. The molecule has 0 aliphatic carbocycles. The minimum atomic E-state index is -4.71. The Kier molecular flexibility index (Phi) is 5.42. The van der Waals surface area contributed by atoms with Crippen LogP contribution in [0.25, 0.3) is 0 Å². The minimum Gasteiger partial charge on any atom is -0.478 e. The van der Waals surface area contributed by atoms with Crippen molar-refractivity contribution in [3.05, 3.63) is 57.6 Å². The van der Waals surface area contributed by atoms with Crippen LogP contribution in [0.4, 0.5) is 18.9 Å². The summed E-state index contributed by atoms with van der Waals surface area (Å²) in [6.45, 7) is 0. The van der Waals surface area contributed by atoms with Crippen LogP contribution in [-0.4, -0.2) is 15.3 Å². The SMILES string of the molecule is O=C(O)c1ccc(Cl)cc1NS(=O)c1ccc(Cl)c(C(F)(F)F)c1. The first-order valence-corrected chi connectivity index (χ1v) is 8.08. The maximum absolute atomic E-state index is 12.8. The maximum Gasteiger partial charge on any atom is 0.417 e. The van der Waals surface area contributed by atoms with Gasteiger partial charge < -0.3 is 9.83 Å². The molecule has 10 heteroatoms. The molecule has 128 valence electrons. The van der Waals surface area contributed by atoms with E-state index in [-0.39, 0.29) is 21.2 Å². The quantitative estimate of drug-likeness (QED) is 0.774. The summed E-state index contributed by atoms with van der Waals surface area (Å²) >= 11 is 11.3. The molecule has 1 unspecified atom stereocenters. The summed E-state index contributed by atoms with van der Waals surface area (Å²) in [5.74, 6) is -1.31. The fraction of sp³-hybridized carbons (Fsp3) is 0.0714. The molecule has 2 rings (SSSR count). The third-order valence-electron chi connectivity index (χ3n) is 2.87. The maximum atomic E-state index is 12.8. The van der Waals surface area contributed by atoms with Gasteiger partial charge in [-0.2, -0.15) is 13.2 Å². The van der Waals surface area contributed by atoms with Crippen LogP contribution in [0.3, 0.4) is 0 Å². The Morgan fingerprint density at radius 2 is 1.79 bits per heavy atom. The molecular weight excluding hydrogens is 390 g/mol. The zero-order chi connectivity index (χ0) is 18.1. The van der Waals surface area contributed by atoms with Crippen LogP contribution in [0.1, 0.15) is 15.9 Å². The number of alkyl halides is 3. The lowest BCUT2D eigenvalue weighted by molar-refractivity contribution is -0.137. The first kappa shape index (κ1) is 18.6. The second-order valence-corrected chi connectivity index (χ2v) is 6.56. The Morgan fingerprint density at radius 1 is 1.12 bits per heavy atom. The van der Waals surface area contributed by atoms with E-state index in [1.165, 1.54) is 18.2 Å². The average molecular weight is 398 g/mol. The van der Waals surface area contributed by atoms with Gasteiger partial charge in [0, 0.05) is 5.02 Å². The van der Waals surface area contributed by atoms with E-state index in [9.17, 15) is 22.2 Å². The van der Waals surface area contributed by atoms with Crippen molar-refractivity contribution < 1.29 is 27.3 Å². The summed E-state index contributed by atoms with van der Waals surface area (Å²) in [5.41, 5.74) is -1.45. The van der Waals surface area contributed by atoms with Gasteiger partial charge in [-0.1, -0.05) is 23.2 Å². The summed E-state index contributed by atoms with van der Waals surface area (Å²) in [5, 5.41) is 8.72. The molecule has 0 saturated heterocycles. The highest BCUT2D eigenvalue weighted by Gasteiger charge is 2.33. The van der Waals surface area contributed by atoms with E-state index >= 15 is 0 Å². The van der Waals surface area contributed by atoms with Crippen molar-refractivity contribution in [2.75, 3.05) is 4.72 Å². The number of hydrogen-bond acceptors (Lipinski definition) is 2. The standard InChI is InChI=1S/C14H8Cl2F3NO3S/c15-7-1-3-9(13(21)22)12(5-7)20-24(23)8-2-4-11(16)10(6-8)14(17,18)19/h1-6,20H,(H,21,22). The number of benzene rings is 2. The lowest BCUT2D eigenvalue weighted by atomic mass is 10.2. The normalized spacial score (nSPS) is 12.7. The summed E-state index contributed by atoms with van der Waals surface area (Å²) in [6, 6.07) is 6.47. The highest BCUT2D eigenvalue weighted by atomic mass is 35.5. The van der Waals surface area contributed by atoms with E-state index < -0.39 is 33.7 Å². The smallest absolute Gasteiger partial charge is 0.417 e. The topological polar surface area (TPSA) is 66.4 Å². The van der Waals surface area contributed by atoms with Crippen LogP contribution in [-0.2, 0) is 17.2 Å². The molecule has 0 saturated carbocycles. The number of halogens is 5. The van der Waals surface area contributed by atoms with Gasteiger partial charge in [0.15, 0.2) is 0 Å². The highest BCUT2D eigenvalue weighted by molar-refractivity contribution is 7.86. The van der Waals surface area contributed by atoms with Gasteiger partial charge in [0.25, 0.3) is 0 Å². The third kappa shape index (κ3) is 4.19. The summed E-state index contributed by atoms with van der Waals surface area (Å²) in [6.07, 6.45) is -4.71. The molecule has 4 nitrogen and oxygen atoms in total. The number of carbonyl (C=O) groups is 1. The van der Waals surface area contributed by atoms with Crippen LogP contribution in [0.5, 0.6) is 0 Å². The lowest BCUT2D eigenvalue weighted by Gasteiger charge is -2.12. The molecule has 0 fully saturated rings. The van der Waals surface area contributed by atoms with E-state index in [0.29, 0.717) is 6.07 Å². The summed E-state index contributed by atoms with van der Waals surface area (Å²) < 4.78 is 53.1. The molecule has 0 radical (unpaired) electrons. The first-order valence-electron chi connectivity index (χ1n) is 6.17. The van der Waals surface area contributed by atoms with Crippen molar-refractivity contribution in [1.29, 1.82) is 0 Å². The molecule has 2 N–H and O–H groups in total. The van der Waals surface area contributed by atoms with E-state index in [2.05, 4.69) is 4.72 Å². The molecule has 0 spiro atoms. The fourth-order valence-electron chi connectivity index (χ4n) is 1.78. The second-order valence-electron chi connectivity index (χ2n) is 4.51. The van der Waals surface area contributed by atoms with Crippen LogP contribution in [0.15, 0.2) is 41.3 Å². The number of nitrogens with one attached hydrogen (secondary N) is 1. The van der Waals surface area contributed by atoms with Gasteiger partial charge >= 0.3 is 12.1 Å². The molecule has 2 aromatic rings. The molecule has 0 aliphatic rings.